The third-order valence-electron chi connectivity index (χ3n) is 3.81. The lowest BCUT2D eigenvalue weighted by atomic mass is 10.2. The number of fused-ring (bicyclic) bond motifs is 1. The lowest BCUT2D eigenvalue weighted by molar-refractivity contribution is 0.171. The topological polar surface area (TPSA) is 76.8 Å². The number of nitrogens with one attached hydrogen (secondary N) is 1. The highest BCUT2D eigenvalue weighted by Crippen LogP contribution is 2.30. The van der Waals surface area contributed by atoms with E-state index < -0.39 is 0 Å². The van der Waals surface area contributed by atoms with Crippen LogP contribution in [0.2, 0.25) is 0 Å². The number of hydrogen-bond acceptors (Lipinski definition) is 5. The van der Waals surface area contributed by atoms with Gasteiger partial charge in [-0.05, 0) is 17.7 Å². The summed E-state index contributed by atoms with van der Waals surface area (Å²) < 4.78 is 12.9. The lowest BCUT2D eigenvalue weighted by Crippen LogP contribution is -2.38. The van der Waals surface area contributed by atoms with Gasteiger partial charge in [0.05, 0.1) is 6.54 Å². The predicted molar refractivity (Wildman–Crippen MR) is 106 cm³/mol. The summed E-state index contributed by atoms with van der Waals surface area (Å²) in [6, 6.07) is 6.01. The van der Waals surface area contributed by atoms with Crippen molar-refractivity contribution in [3.8, 4) is 11.5 Å². The van der Waals surface area contributed by atoms with Crippen LogP contribution in [0.25, 0.3) is 0 Å². The molecule has 0 saturated carbocycles. The van der Waals surface area contributed by atoms with E-state index in [0.717, 1.165) is 28.8 Å². The van der Waals surface area contributed by atoms with E-state index >= 15 is 0 Å². The van der Waals surface area contributed by atoms with Crippen molar-refractivity contribution in [1.29, 1.82) is 0 Å². The molecule has 9 heteroatoms. The number of halogens is 1. The molecule has 0 amide bonds. The maximum atomic E-state index is 5.63. The van der Waals surface area contributed by atoms with Gasteiger partial charge in [-0.2, -0.15) is 5.10 Å². The molecule has 0 radical (unpaired) electrons. The van der Waals surface area contributed by atoms with Crippen LogP contribution < -0.4 is 14.8 Å². The lowest BCUT2D eigenvalue weighted by Gasteiger charge is -2.23. The Morgan fingerprint density at radius 1 is 1.32 bits per heavy atom. The van der Waals surface area contributed by atoms with Crippen molar-refractivity contribution in [2.24, 2.45) is 12.0 Å². The van der Waals surface area contributed by atoms with Crippen LogP contribution in [0, 0.1) is 0 Å². The Morgan fingerprint density at radius 2 is 2.08 bits per heavy atom. The Kier molecular flexibility index (Phi) is 6.85. The first-order chi connectivity index (χ1) is 11.7. The van der Waals surface area contributed by atoms with Crippen molar-refractivity contribution in [3.63, 3.8) is 0 Å². The summed E-state index contributed by atoms with van der Waals surface area (Å²) in [4.78, 5) is 10.6. The number of hydrogen-bond donors (Lipinski definition) is 1. The van der Waals surface area contributed by atoms with Crippen LogP contribution in [0.15, 0.2) is 29.5 Å². The smallest absolute Gasteiger partial charge is 0.194 e. The van der Waals surface area contributed by atoms with Crippen molar-refractivity contribution in [2.75, 3.05) is 27.3 Å². The maximum absolute atomic E-state index is 5.63. The van der Waals surface area contributed by atoms with E-state index in [1.54, 1.807) is 18.1 Å². The normalized spacial score (nSPS) is 13.2. The van der Waals surface area contributed by atoms with Crippen molar-refractivity contribution < 1.29 is 9.47 Å². The van der Waals surface area contributed by atoms with Gasteiger partial charge in [-0.25, -0.2) is 4.98 Å². The SMILES string of the molecule is CN=C(NCc1ncnn1C)N(C)Cc1ccc2c(c1)OCCO2.I. The van der Waals surface area contributed by atoms with Gasteiger partial charge in [0.25, 0.3) is 0 Å². The van der Waals surface area contributed by atoms with Crippen molar-refractivity contribution in [3.05, 3.63) is 35.9 Å². The molecule has 2 aromatic rings. The molecule has 0 bridgehead atoms. The van der Waals surface area contributed by atoms with Gasteiger partial charge in [0, 0.05) is 27.7 Å². The molecule has 0 saturated heterocycles. The van der Waals surface area contributed by atoms with Gasteiger partial charge in [-0.15, -0.1) is 24.0 Å². The van der Waals surface area contributed by atoms with Crippen LogP contribution in [0.4, 0.5) is 0 Å². The van der Waals surface area contributed by atoms with E-state index in [4.69, 9.17) is 9.47 Å². The Labute approximate surface area is 164 Å². The number of aromatic nitrogens is 3. The number of nitrogens with zero attached hydrogens (tertiary/aromatic N) is 5. The van der Waals surface area contributed by atoms with Gasteiger partial charge in [0.2, 0.25) is 0 Å². The Hall–Kier alpha value is -2.04. The number of rotatable bonds is 4. The van der Waals surface area contributed by atoms with Crippen molar-refractivity contribution in [1.82, 2.24) is 25.0 Å². The van der Waals surface area contributed by atoms with E-state index in [1.807, 2.05) is 37.2 Å². The summed E-state index contributed by atoms with van der Waals surface area (Å²) >= 11 is 0. The van der Waals surface area contributed by atoms with E-state index in [9.17, 15) is 0 Å². The first-order valence-corrected chi connectivity index (χ1v) is 7.80. The fourth-order valence-corrected chi connectivity index (χ4v) is 2.56. The third kappa shape index (κ3) is 4.74. The highest BCUT2D eigenvalue weighted by molar-refractivity contribution is 14.0. The quantitative estimate of drug-likeness (QED) is 0.425. The first kappa shape index (κ1) is 19.3. The van der Waals surface area contributed by atoms with Gasteiger partial charge < -0.3 is 19.7 Å². The second kappa shape index (κ2) is 8.88. The van der Waals surface area contributed by atoms with Crippen LogP contribution in [0.3, 0.4) is 0 Å². The van der Waals surface area contributed by atoms with E-state index in [1.165, 1.54) is 0 Å². The van der Waals surface area contributed by atoms with Crippen molar-refractivity contribution >= 4 is 29.9 Å². The summed E-state index contributed by atoms with van der Waals surface area (Å²) in [6.45, 7) is 2.46. The molecule has 1 aliphatic heterocycles. The monoisotopic (exact) mass is 458 g/mol. The molecule has 0 unspecified atom stereocenters. The van der Waals surface area contributed by atoms with Gasteiger partial charge in [0.15, 0.2) is 17.5 Å². The number of guanidine groups is 1. The summed E-state index contributed by atoms with van der Waals surface area (Å²) in [7, 11) is 5.62. The molecule has 0 fully saturated rings. The van der Waals surface area contributed by atoms with E-state index in [-0.39, 0.29) is 24.0 Å². The molecule has 0 atom stereocenters. The summed E-state index contributed by atoms with van der Waals surface area (Å²) in [6.07, 6.45) is 1.54. The molecule has 8 nitrogen and oxygen atoms in total. The van der Waals surface area contributed by atoms with Crippen LogP contribution in [-0.4, -0.2) is 52.9 Å². The van der Waals surface area contributed by atoms with Crippen LogP contribution in [0.5, 0.6) is 11.5 Å². The molecule has 1 aromatic carbocycles. The molecule has 0 spiro atoms. The standard InChI is InChI=1S/C16H22N6O2.HI/c1-17-16(18-9-15-19-11-20-22(15)3)21(2)10-12-4-5-13-14(8-12)24-7-6-23-13;/h4-5,8,11H,6-7,9-10H2,1-3H3,(H,17,18);1H. The second-order valence-corrected chi connectivity index (χ2v) is 5.53. The minimum atomic E-state index is 0. The van der Waals surface area contributed by atoms with Gasteiger partial charge >= 0.3 is 0 Å². The zero-order valence-corrected chi connectivity index (χ0v) is 16.9. The fourth-order valence-electron chi connectivity index (χ4n) is 2.56. The molecule has 2 heterocycles. The zero-order valence-electron chi connectivity index (χ0n) is 14.6. The molecule has 136 valence electrons. The minimum absolute atomic E-state index is 0. The van der Waals surface area contributed by atoms with Crippen LogP contribution in [-0.2, 0) is 20.1 Å². The zero-order chi connectivity index (χ0) is 16.9. The highest BCUT2D eigenvalue weighted by atomic mass is 127. The molecule has 0 aliphatic carbocycles. The Bertz CT molecular complexity index is 733. The van der Waals surface area contributed by atoms with Gasteiger partial charge in [-0.1, -0.05) is 6.07 Å². The molecule has 1 N–H and O–H groups in total. The Balaban J connectivity index is 0.00000225. The highest BCUT2D eigenvalue weighted by Gasteiger charge is 2.14. The molecular weight excluding hydrogens is 435 g/mol. The number of aryl methyl sites for hydroxylation is 1. The van der Waals surface area contributed by atoms with Gasteiger partial charge in [0.1, 0.15) is 25.4 Å². The predicted octanol–water partition coefficient (Wildman–Crippen LogP) is 1.41. The molecule has 1 aliphatic rings. The first-order valence-electron chi connectivity index (χ1n) is 7.80. The van der Waals surface area contributed by atoms with Crippen molar-refractivity contribution in [2.45, 2.75) is 13.1 Å². The average molecular weight is 458 g/mol. The summed E-state index contributed by atoms with van der Waals surface area (Å²) in [5.41, 5.74) is 1.13. The molecule has 25 heavy (non-hydrogen) atoms. The molecule has 3 rings (SSSR count). The maximum Gasteiger partial charge on any atom is 0.194 e. The second-order valence-electron chi connectivity index (χ2n) is 5.53. The largest absolute Gasteiger partial charge is 0.486 e. The molecule has 1 aromatic heterocycles. The van der Waals surface area contributed by atoms with Crippen LogP contribution >= 0.6 is 24.0 Å². The van der Waals surface area contributed by atoms with E-state index in [2.05, 4.69) is 20.4 Å². The molecular formula is C16H23IN6O2. The summed E-state index contributed by atoms with van der Waals surface area (Å²) in [5, 5.41) is 7.35. The fraction of sp³-hybridized carbons (Fsp3) is 0.438. The number of aliphatic imine (C=N–C) groups is 1. The van der Waals surface area contributed by atoms with Gasteiger partial charge in [-0.3, -0.25) is 9.67 Å². The Morgan fingerprint density at radius 3 is 2.76 bits per heavy atom. The number of benzene rings is 1. The minimum Gasteiger partial charge on any atom is -0.486 e. The summed E-state index contributed by atoms with van der Waals surface area (Å²) in [5.74, 6) is 3.24. The third-order valence-corrected chi connectivity index (χ3v) is 3.81. The number of ether oxygens (including phenoxy) is 2. The average Bonchev–Trinajstić information content (AvgIpc) is 3.00. The van der Waals surface area contributed by atoms with E-state index in [0.29, 0.717) is 26.3 Å². The van der Waals surface area contributed by atoms with Crippen LogP contribution in [0.1, 0.15) is 11.4 Å².